The van der Waals surface area contributed by atoms with E-state index in [9.17, 15) is 4.79 Å². The highest BCUT2D eigenvalue weighted by Crippen LogP contribution is 2.48. The molecule has 0 radical (unpaired) electrons. The van der Waals surface area contributed by atoms with Crippen LogP contribution in [-0.4, -0.2) is 21.9 Å². The fraction of sp³-hybridized carbons (Fsp3) is 0.0870. The Morgan fingerprint density at radius 1 is 1.00 bits per heavy atom. The first-order valence-corrected chi connectivity index (χ1v) is 12.4. The van der Waals surface area contributed by atoms with Gasteiger partial charge in [0.25, 0.3) is 11.1 Å². The van der Waals surface area contributed by atoms with E-state index in [1.165, 1.54) is 11.8 Å². The number of hydrogen-bond acceptors (Lipinski definition) is 7. The summed E-state index contributed by atoms with van der Waals surface area (Å²) in [4.78, 5) is 17.1. The van der Waals surface area contributed by atoms with Gasteiger partial charge >= 0.3 is 0 Å². The molecular formula is C23H15Cl2N3O3S2. The fourth-order valence-electron chi connectivity index (χ4n) is 3.25. The van der Waals surface area contributed by atoms with Gasteiger partial charge in [0.05, 0.1) is 22.2 Å². The number of ether oxygens (including phenoxy) is 1. The van der Waals surface area contributed by atoms with Crippen molar-refractivity contribution in [1.82, 2.24) is 10.2 Å². The third-order valence-corrected chi connectivity index (χ3v) is 7.16. The van der Waals surface area contributed by atoms with Crippen LogP contribution in [0.5, 0.6) is 5.75 Å². The van der Waals surface area contributed by atoms with Gasteiger partial charge in [-0.25, -0.2) is 0 Å². The number of halogens is 2. The zero-order valence-electron chi connectivity index (χ0n) is 16.9. The molecule has 5 rings (SSSR count). The lowest BCUT2D eigenvalue weighted by Gasteiger charge is -2.30. The van der Waals surface area contributed by atoms with Crippen LogP contribution in [0.25, 0.3) is 0 Å². The molecule has 0 atom stereocenters. The van der Waals surface area contributed by atoms with Crippen LogP contribution < -0.4 is 9.64 Å². The molecular weight excluding hydrogens is 501 g/mol. The average molecular weight is 516 g/mol. The van der Waals surface area contributed by atoms with Crippen molar-refractivity contribution in [2.75, 3.05) is 10.7 Å². The molecule has 0 aliphatic carbocycles. The van der Waals surface area contributed by atoms with E-state index in [0.29, 0.717) is 15.8 Å². The van der Waals surface area contributed by atoms with Crippen molar-refractivity contribution in [3.8, 4) is 5.75 Å². The predicted molar refractivity (Wildman–Crippen MR) is 130 cm³/mol. The Bertz CT molecular complexity index is 1290. The van der Waals surface area contributed by atoms with Crippen LogP contribution in [-0.2, 0) is 11.4 Å². The van der Waals surface area contributed by atoms with Gasteiger partial charge in [0.1, 0.15) is 5.75 Å². The molecule has 0 bridgehead atoms. The molecule has 33 heavy (non-hydrogen) atoms. The lowest BCUT2D eigenvalue weighted by Crippen LogP contribution is -2.29. The summed E-state index contributed by atoms with van der Waals surface area (Å²) in [5.41, 5.74) is 1.73. The van der Waals surface area contributed by atoms with Crippen molar-refractivity contribution >= 4 is 64.0 Å². The SMILES string of the molecule is O=C(CSc1nnc(COc2ccc(Cl)cc2Cl)o1)N1c2ccccc2Sc2ccccc21. The van der Waals surface area contributed by atoms with E-state index < -0.39 is 0 Å². The van der Waals surface area contributed by atoms with E-state index in [2.05, 4.69) is 10.2 Å². The normalized spacial score (nSPS) is 12.2. The van der Waals surface area contributed by atoms with Gasteiger partial charge in [-0.2, -0.15) is 0 Å². The van der Waals surface area contributed by atoms with Gasteiger partial charge in [0.15, 0.2) is 6.61 Å². The largest absolute Gasteiger partial charge is 0.482 e. The molecule has 1 aliphatic rings. The molecule has 1 aromatic heterocycles. The van der Waals surface area contributed by atoms with Crippen LogP contribution in [0.1, 0.15) is 5.89 Å². The summed E-state index contributed by atoms with van der Waals surface area (Å²) in [6.07, 6.45) is 0. The second-order valence-electron chi connectivity index (χ2n) is 6.88. The lowest BCUT2D eigenvalue weighted by atomic mass is 10.2. The quantitative estimate of drug-likeness (QED) is 0.259. The number of hydrogen-bond donors (Lipinski definition) is 0. The topological polar surface area (TPSA) is 68.5 Å². The first-order chi connectivity index (χ1) is 16.1. The van der Waals surface area contributed by atoms with Crippen LogP contribution >= 0.6 is 46.7 Å². The second-order valence-corrected chi connectivity index (χ2v) is 9.73. The minimum absolute atomic E-state index is 0.0486. The van der Waals surface area contributed by atoms with Crippen LogP contribution in [0.4, 0.5) is 11.4 Å². The second kappa shape index (κ2) is 9.69. The number of amides is 1. The van der Waals surface area contributed by atoms with Crippen molar-refractivity contribution in [3.05, 3.63) is 82.7 Å². The minimum atomic E-state index is -0.0795. The lowest BCUT2D eigenvalue weighted by molar-refractivity contribution is -0.115. The van der Waals surface area contributed by atoms with Crippen molar-refractivity contribution in [1.29, 1.82) is 0 Å². The van der Waals surface area contributed by atoms with Crippen LogP contribution in [0.15, 0.2) is 86.2 Å². The minimum Gasteiger partial charge on any atom is -0.482 e. The maximum absolute atomic E-state index is 13.2. The van der Waals surface area contributed by atoms with E-state index in [4.69, 9.17) is 32.4 Å². The number of para-hydroxylation sites is 2. The molecule has 10 heteroatoms. The summed E-state index contributed by atoms with van der Waals surface area (Å²) in [7, 11) is 0. The Morgan fingerprint density at radius 3 is 2.39 bits per heavy atom. The molecule has 1 aliphatic heterocycles. The van der Waals surface area contributed by atoms with Crippen molar-refractivity contribution in [3.63, 3.8) is 0 Å². The van der Waals surface area contributed by atoms with Crippen molar-refractivity contribution in [2.24, 2.45) is 0 Å². The first kappa shape index (κ1) is 22.2. The number of anilines is 2. The van der Waals surface area contributed by atoms with Gasteiger partial charge in [-0.15, -0.1) is 10.2 Å². The Hall–Kier alpha value is -2.65. The molecule has 3 aromatic carbocycles. The highest BCUT2D eigenvalue weighted by atomic mass is 35.5. The molecule has 0 N–H and O–H groups in total. The highest BCUT2D eigenvalue weighted by Gasteiger charge is 2.28. The summed E-state index contributed by atoms with van der Waals surface area (Å²) >= 11 is 14.8. The predicted octanol–water partition coefficient (Wildman–Crippen LogP) is 6.88. The highest BCUT2D eigenvalue weighted by molar-refractivity contribution is 8.00. The molecule has 0 spiro atoms. The molecule has 0 saturated heterocycles. The zero-order valence-corrected chi connectivity index (χ0v) is 20.0. The molecule has 1 amide bonds. The summed E-state index contributed by atoms with van der Waals surface area (Å²) in [5, 5.41) is 9.19. The summed E-state index contributed by atoms with van der Waals surface area (Å²) in [5.74, 6) is 0.799. The van der Waals surface area contributed by atoms with Gasteiger partial charge in [0, 0.05) is 14.8 Å². The fourth-order valence-corrected chi connectivity index (χ4v) is 5.40. The van der Waals surface area contributed by atoms with E-state index in [0.717, 1.165) is 21.2 Å². The zero-order chi connectivity index (χ0) is 22.8. The van der Waals surface area contributed by atoms with E-state index in [1.54, 1.807) is 34.9 Å². The number of aromatic nitrogens is 2. The van der Waals surface area contributed by atoms with Crippen LogP contribution in [0.3, 0.4) is 0 Å². The van der Waals surface area contributed by atoms with Crippen molar-refractivity contribution in [2.45, 2.75) is 21.6 Å². The van der Waals surface area contributed by atoms with Gasteiger partial charge in [0.2, 0.25) is 5.91 Å². The number of rotatable bonds is 6. The standard InChI is InChI=1S/C23H15Cl2N3O3S2/c24-14-9-10-18(15(25)11-14)30-12-21-26-27-23(31-21)32-13-22(29)28-16-5-1-3-7-19(16)33-20-8-4-2-6-17(20)28/h1-11H,12-13H2. The van der Waals surface area contributed by atoms with Crippen LogP contribution in [0, 0.1) is 0 Å². The number of fused-ring (bicyclic) bond motifs is 2. The number of benzene rings is 3. The Kier molecular flexibility index (Phi) is 6.50. The number of carbonyl (C=O) groups is 1. The van der Waals surface area contributed by atoms with Gasteiger partial charge in [-0.3, -0.25) is 9.69 Å². The first-order valence-electron chi connectivity index (χ1n) is 9.80. The maximum Gasteiger partial charge on any atom is 0.277 e. The average Bonchev–Trinajstić information content (AvgIpc) is 3.28. The van der Waals surface area contributed by atoms with Gasteiger partial charge < -0.3 is 9.15 Å². The molecule has 2 heterocycles. The Morgan fingerprint density at radius 2 is 1.70 bits per heavy atom. The van der Waals surface area contributed by atoms with Crippen molar-refractivity contribution < 1.29 is 13.9 Å². The number of carbonyl (C=O) groups excluding carboxylic acids is 1. The number of thioether (sulfide) groups is 1. The molecule has 166 valence electrons. The van der Waals surface area contributed by atoms with E-state index in [1.807, 2.05) is 48.5 Å². The smallest absolute Gasteiger partial charge is 0.277 e. The Labute approximate surface area is 208 Å². The summed E-state index contributed by atoms with van der Waals surface area (Å²) in [6, 6.07) is 20.7. The third-order valence-electron chi connectivity index (χ3n) is 4.69. The summed E-state index contributed by atoms with van der Waals surface area (Å²) in [6.45, 7) is 0.0486. The summed E-state index contributed by atoms with van der Waals surface area (Å²) < 4.78 is 11.2. The van der Waals surface area contributed by atoms with E-state index in [-0.39, 0.29) is 29.4 Å². The molecule has 0 saturated carbocycles. The monoisotopic (exact) mass is 515 g/mol. The molecule has 6 nitrogen and oxygen atoms in total. The number of nitrogens with zero attached hydrogens (tertiary/aromatic N) is 3. The van der Waals surface area contributed by atoms with Gasteiger partial charge in [-0.05, 0) is 42.5 Å². The molecule has 0 unspecified atom stereocenters. The third kappa shape index (κ3) is 4.84. The Balaban J connectivity index is 1.26. The van der Waals surface area contributed by atoms with Crippen LogP contribution in [0.2, 0.25) is 10.0 Å². The van der Waals surface area contributed by atoms with E-state index >= 15 is 0 Å². The van der Waals surface area contributed by atoms with Gasteiger partial charge in [-0.1, -0.05) is 71.0 Å². The molecule has 0 fully saturated rings. The molecule has 4 aromatic rings. The maximum atomic E-state index is 13.2.